The van der Waals surface area contributed by atoms with Crippen LogP contribution in [0.25, 0.3) is 0 Å². The Kier molecular flexibility index (Phi) is 6.06. The first-order valence-electron chi connectivity index (χ1n) is 7.45. The third kappa shape index (κ3) is 5.00. The van der Waals surface area contributed by atoms with E-state index < -0.39 is 0 Å². The lowest BCUT2D eigenvalue weighted by atomic mass is 9.85. The first-order valence-corrected chi connectivity index (χ1v) is 8.24. The van der Waals surface area contributed by atoms with Crippen molar-refractivity contribution < 1.29 is 9.53 Å². The van der Waals surface area contributed by atoms with Crippen molar-refractivity contribution in [1.29, 1.82) is 0 Å². The molecule has 0 atom stereocenters. The van der Waals surface area contributed by atoms with Gasteiger partial charge in [-0.1, -0.05) is 15.9 Å². The third-order valence-corrected chi connectivity index (χ3v) is 4.54. The Morgan fingerprint density at radius 3 is 2.52 bits per heavy atom. The van der Waals surface area contributed by atoms with Crippen LogP contribution in [0.3, 0.4) is 0 Å². The number of carbonyl (C=O) groups is 1. The summed E-state index contributed by atoms with van der Waals surface area (Å²) in [6.45, 7) is 1.12. The van der Waals surface area contributed by atoms with Gasteiger partial charge in [0, 0.05) is 23.5 Å². The quantitative estimate of drug-likeness (QED) is 0.884. The van der Waals surface area contributed by atoms with E-state index in [0.29, 0.717) is 13.2 Å². The number of ether oxygens (including phenoxy) is 1. The highest BCUT2D eigenvalue weighted by Crippen LogP contribution is 2.24. The maximum absolute atomic E-state index is 12.3. The summed E-state index contributed by atoms with van der Waals surface area (Å²) in [7, 11) is 1.85. The van der Waals surface area contributed by atoms with Crippen LogP contribution in [0.2, 0.25) is 0 Å². The summed E-state index contributed by atoms with van der Waals surface area (Å²) in [5, 5.41) is 0. The zero-order valence-corrected chi connectivity index (χ0v) is 14.0. The second-order valence-corrected chi connectivity index (χ2v) is 6.59. The van der Waals surface area contributed by atoms with Crippen LogP contribution in [0.15, 0.2) is 28.7 Å². The van der Waals surface area contributed by atoms with Crippen LogP contribution in [0.4, 0.5) is 0 Å². The van der Waals surface area contributed by atoms with Crippen LogP contribution in [0.5, 0.6) is 5.75 Å². The van der Waals surface area contributed by atoms with E-state index in [1.807, 2.05) is 31.3 Å². The standard InChI is InChI=1S/C16H23BrN2O2/c1-19(16(20)12-2-6-14(18)7-3-12)10-11-21-15-8-4-13(17)5-9-15/h4-5,8-9,12,14H,2-3,6-7,10-11,18H2,1H3. The average Bonchev–Trinajstić information content (AvgIpc) is 2.49. The topological polar surface area (TPSA) is 55.6 Å². The first kappa shape index (κ1) is 16.3. The molecule has 1 fully saturated rings. The van der Waals surface area contributed by atoms with Crippen molar-refractivity contribution in [1.82, 2.24) is 4.90 Å². The normalized spacial score (nSPS) is 21.9. The minimum Gasteiger partial charge on any atom is -0.492 e. The van der Waals surface area contributed by atoms with E-state index in [2.05, 4.69) is 15.9 Å². The molecule has 0 aromatic heterocycles. The Hall–Kier alpha value is -1.07. The minimum atomic E-state index is 0.141. The molecule has 21 heavy (non-hydrogen) atoms. The summed E-state index contributed by atoms with van der Waals surface area (Å²) in [4.78, 5) is 14.1. The van der Waals surface area contributed by atoms with Gasteiger partial charge in [-0.05, 0) is 49.9 Å². The Morgan fingerprint density at radius 1 is 1.29 bits per heavy atom. The largest absolute Gasteiger partial charge is 0.492 e. The van der Waals surface area contributed by atoms with Gasteiger partial charge in [-0.2, -0.15) is 0 Å². The van der Waals surface area contributed by atoms with Crippen LogP contribution in [0.1, 0.15) is 25.7 Å². The van der Waals surface area contributed by atoms with Crippen molar-refractivity contribution in [2.75, 3.05) is 20.2 Å². The van der Waals surface area contributed by atoms with Gasteiger partial charge in [0.2, 0.25) is 5.91 Å². The molecule has 2 rings (SSSR count). The third-order valence-electron chi connectivity index (χ3n) is 4.01. The summed E-state index contributed by atoms with van der Waals surface area (Å²) in [6, 6.07) is 7.98. The Balaban J connectivity index is 1.72. The number of nitrogens with zero attached hydrogens (tertiary/aromatic N) is 1. The molecule has 1 aromatic rings. The van der Waals surface area contributed by atoms with E-state index in [0.717, 1.165) is 35.9 Å². The minimum absolute atomic E-state index is 0.141. The molecule has 2 N–H and O–H groups in total. The van der Waals surface area contributed by atoms with Crippen LogP contribution in [-0.2, 0) is 4.79 Å². The zero-order chi connectivity index (χ0) is 15.2. The number of carbonyl (C=O) groups excluding carboxylic acids is 1. The van der Waals surface area contributed by atoms with E-state index in [-0.39, 0.29) is 17.9 Å². The highest BCUT2D eigenvalue weighted by atomic mass is 79.9. The smallest absolute Gasteiger partial charge is 0.225 e. The molecule has 1 amide bonds. The van der Waals surface area contributed by atoms with E-state index in [1.54, 1.807) is 4.90 Å². The molecule has 0 bridgehead atoms. The van der Waals surface area contributed by atoms with E-state index in [1.165, 1.54) is 0 Å². The second-order valence-electron chi connectivity index (χ2n) is 5.67. The average molecular weight is 355 g/mol. The lowest BCUT2D eigenvalue weighted by molar-refractivity contribution is -0.135. The molecule has 1 aromatic carbocycles. The maximum atomic E-state index is 12.3. The molecule has 0 radical (unpaired) electrons. The van der Waals surface area contributed by atoms with Gasteiger partial charge < -0.3 is 15.4 Å². The molecule has 0 spiro atoms. The van der Waals surface area contributed by atoms with Gasteiger partial charge in [-0.15, -0.1) is 0 Å². The lowest BCUT2D eigenvalue weighted by Crippen LogP contribution is -2.39. The summed E-state index contributed by atoms with van der Waals surface area (Å²) < 4.78 is 6.68. The SMILES string of the molecule is CN(CCOc1ccc(Br)cc1)C(=O)C1CCC(N)CC1. The molecule has 1 saturated carbocycles. The van der Waals surface area contributed by atoms with Gasteiger partial charge in [-0.25, -0.2) is 0 Å². The van der Waals surface area contributed by atoms with Crippen LogP contribution >= 0.6 is 15.9 Å². The molecule has 1 aliphatic carbocycles. The maximum Gasteiger partial charge on any atom is 0.225 e. The summed E-state index contributed by atoms with van der Waals surface area (Å²) in [5.74, 6) is 1.19. The molecule has 1 aliphatic rings. The van der Waals surface area contributed by atoms with Gasteiger partial charge in [0.15, 0.2) is 0 Å². The fourth-order valence-electron chi connectivity index (χ4n) is 2.62. The molecular weight excluding hydrogens is 332 g/mol. The number of nitrogens with two attached hydrogens (primary N) is 1. The van der Waals surface area contributed by atoms with Gasteiger partial charge in [-0.3, -0.25) is 4.79 Å². The number of hydrogen-bond donors (Lipinski definition) is 1. The Bertz CT molecular complexity index is 456. The monoisotopic (exact) mass is 354 g/mol. The van der Waals surface area contributed by atoms with Crippen LogP contribution in [-0.4, -0.2) is 37.0 Å². The second kappa shape index (κ2) is 7.80. The van der Waals surface area contributed by atoms with Crippen LogP contribution in [0, 0.1) is 5.92 Å². The predicted octanol–water partition coefficient (Wildman–Crippen LogP) is 2.80. The molecule has 0 saturated heterocycles. The van der Waals surface area contributed by atoms with Crippen LogP contribution < -0.4 is 10.5 Å². The Labute approximate surface area is 134 Å². The first-order chi connectivity index (χ1) is 10.1. The number of amides is 1. The number of halogens is 1. The van der Waals surface area contributed by atoms with Crippen molar-refractivity contribution in [3.63, 3.8) is 0 Å². The molecule has 4 nitrogen and oxygen atoms in total. The van der Waals surface area contributed by atoms with Crippen molar-refractivity contribution in [3.05, 3.63) is 28.7 Å². The van der Waals surface area contributed by atoms with E-state index in [9.17, 15) is 4.79 Å². The summed E-state index contributed by atoms with van der Waals surface area (Å²) in [5.41, 5.74) is 5.88. The summed E-state index contributed by atoms with van der Waals surface area (Å²) >= 11 is 3.39. The van der Waals surface area contributed by atoms with E-state index in [4.69, 9.17) is 10.5 Å². The van der Waals surface area contributed by atoms with Crippen molar-refractivity contribution >= 4 is 21.8 Å². The fourth-order valence-corrected chi connectivity index (χ4v) is 2.88. The number of likely N-dealkylation sites (N-methyl/N-ethyl adjacent to an activating group) is 1. The highest BCUT2D eigenvalue weighted by Gasteiger charge is 2.26. The predicted molar refractivity (Wildman–Crippen MR) is 87.2 cm³/mol. The van der Waals surface area contributed by atoms with Gasteiger partial charge in [0.1, 0.15) is 12.4 Å². The molecule has 0 unspecified atom stereocenters. The van der Waals surface area contributed by atoms with E-state index >= 15 is 0 Å². The zero-order valence-electron chi connectivity index (χ0n) is 12.4. The molecule has 0 heterocycles. The van der Waals surface area contributed by atoms with Crippen molar-refractivity contribution in [2.24, 2.45) is 11.7 Å². The molecular formula is C16H23BrN2O2. The fraction of sp³-hybridized carbons (Fsp3) is 0.562. The highest BCUT2D eigenvalue weighted by molar-refractivity contribution is 9.10. The van der Waals surface area contributed by atoms with Gasteiger partial charge in [0.05, 0.1) is 6.54 Å². The molecule has 0 aliphatic heterocycles. The van der Waals surface area contributed by atoms with Gasteiger partial charge >= 0.3 is 0 Å². The molecule has 5 heteroatoms. The number of benzene rings is 1. The lowest BCUT2D eigenvalue weighted by Gasteiger charge is -2.28. The molecule has 116 valence electrons. The summed E-state index contributed by atoms with van der Waals surface area (Å²) in [6.07, 6.45) is 3.75. The van der Waals surface area contributed by atoms with Gasteiger partial charge in [0.25, 0.3) is 0 Å². The number of hydrogen-bond acceptors (Lipinski definition) is 3. The Morgan fingerprint density at radius 2 is 1.90 bits per heavy atom. The number of rotatable bonds is 5. The van der Waals surface area contributed by atoms with Crippen molar-refractivity contribution in [3.8, 4) is 5.75 Å². The van der Waals surface area contributed by atoms with Crippen molar-refractivity contribution in [2.45, 2.75) is 31.7 Å².